The largest absolute Gasteiger partial charge is 0.481 e. The molecule has 1 N–H and O–H groups in total. The second-order valence-electron chi connectivity index (χ2n) is 3.81. The molecule has 0 aliphatic heterocycles. The first kappa shape index (κ1) is 11.1. The molecule has 5 nitrogen and oxygen atoms in total. The number of nitro groups is 1. The Morgan fingerprint density at radius 3 is 2.56 bits per heavy atom. The summed E-state index contributed by atoms with van der Waals surface area (Å²) in [5, 5.41) is 19.8. The van der Waals surface area contributed by atoms with Gasteiger partial charge in [0.2, 0.25) is 0 Å². The van der Waals surface area contributed by atoms with Crippen molar-refractivity contribution in [3.8, 4) is 0 Å². The van der Waals surface area contributed by atoms with Gasteiger partial charge in [-0.2, -0.15) is 0 Å². The van der Waals surface area contributed by atoms with Gasteiger partial charge in [-0.05, 0) is 40.4 Å². The lowest BCUT2D eigenvalue weighted by atomic mass is 9.96. The lowest BCUT2D eigenvalue weighted by Gasteiger charge is -2.09. The van der Waals surface area contributed by atoms with E-state index in [1.54, 1.807) is 6.07 Å². The van der Waals surface area contributed by atoms with Crippen molar-refractivity contribution < 1.29 is 14.8 Å². The molecule has 2 rings (SSSR count). The highest BCUT2D eigenvalue weighted by atomic mass is 79.9. The molecule has 0 amide bonds. The number of carboxylic acid groups (broad SMARTS) is 1. The van der Waals surface area contributed by atoms with Crippen LogP contribution in [0.5, 0.6) is 0 Å². The lowest BCUT2D eigenvalue weighted by molar-refractivity contribution is -0.385. The maximum Gasteiger partial charge on any atom is 0.314 e. The number of nitro benzene ring substituents is 1. The minimum absolute atomic E-state index is 0.0926. The first-order valence-electron chi connectivity index (χ1n) is 4.65. The number of carbonyl (C=O) groups is 1. The Morgan fingerprint density at radius 1 is 1.50 bits per heavy atom. The van der Waals surface area contributed by atoms with Crippen LogP contribution in [0.15, 0.2) is 22.7 Å². The summed E-state index contributed by atoms with van der Waals surface area (Å²) in [4.78, 5) is 21.3. The molecule has 0 heterocycles. The molecule has 0 spiro atoms. The van der Waals surface area contributed by atoms with Gasteiger partial charge in [0.05, 0.1) is 14.8 Å². The summed E-state index contributed by atoms with van der Waals surface area (Å²) in [7, 11) is 0. The van der Waals surface area contributed by atoms with Gasteiger partial charge >= 0.3 is 5.97 Å². The van der Waals surface area contributed by atoms with Crippen molar-refractivity contribution in [2.45, 2.75) is 18.3 Å². The highest BCUT2D eigenvalue weighted by Crippen LogP contribution is 2.49. The van der Waals surface area contributed by atoms with Crippen molar-refractivity contribution in [2.75, 3.05) is 0 Å². The zero-order valence-electron chi connectivity index (χ0n) is 8.14. The van der Waals surface area contributed by atoms with Gasteiger partial charge in [-0.15, -0.1) is 0 Å². The topological polar surface area (TPSA) is 80.4 Å². The van der Waals surface area contributed by atoms with E-state index >= 15 is 0 Å². The summed E-state index contributed by atoms with van der Waals surface area (Å²) in [6, 6.07) is 4.49. The first-order chi connectivity index (χ1) is 7.47. The number of carboxylic acids is 1. The summed E-state index contributed by atoms with van der Waals surface area (Å²) in [6.45, 7) is 0. The number of benzene rings is 1. The summed E-state index contributed by atoms with van der Waals surface area (Å²) in [6.07, 6.45) is 1.09. The molecule has 0 unspecified atom stereocenters. The molecule has 16 heavy (non-hydrogen) atoms. The average molecular weight is 286 g/mol. The van der Waals surface area contributed by atoms with Crippen LogP contribution in [0.25, 0.3) is 0 Å². The van der Waals surface area contributed by atoms with Crippen LogP contribution >= 0.6 is 15.9 Å². The van der Waals surface area contributed by atoms with Crippen LogP contribution in [0, 0.1) is 10.1 Å². The minimum atomic E-state index is -0.913. The van der Waals surface area contributed by atoms with Gasteiger partial charge in [-0.3, -0.25) is 14.9 Å². The van der Waals surface area contributed by atoms with Crippen molar-refractivity contribution in [3.63, 3.8) is 0 Å². The van der Waals surface area contributed by atoms with Gasteiger partial charge in [0.1, 0.15) is 0 Å². The number of nitrogens with zero attached hydrogens (tertiary/aromatic N) is 1. The molecule has 1 saturated carbocycles. The molecule has 6 heteroatoms. The molecule has 0 radical (unpaired) electrons. The van der Waals surface area contributed by atoms with E-state index in [1.165, 1.54) is 12.1 Å². The van der Waals surface area contributed by atoms with Gasteiger partial charge in [-0.25, -0.2) is 0 Å². The standard InChI is InChI=1S/C10H8BrNO4/c11-7-2-1-6(5-8(7)12(15)16)10(3-4-10)9(13)14/h1-2,5H,3-4H2,(H,13,14). The molecule has 1 aromatic carbocycles. The van der Waals surface area contributed by atoms with Crippen LogP contribution in [0.2, 0.25) is 0 Å². The van der Waals surface area contributed by atoms with Crippen molar-refractivity contribution in [2.24, 2.45) is 0 Å². The van der Waals surface area contributed by atoms with Gasteiger partial charge in [0.15, 0.2) is 0 Å². The van der Waals surface area contributed by atoms with Crippen LogP contribution < -0.4 is 0 Å². The minimum Gasteiger partial charge on any atom is -0.481 e. The third-order valence-corrected chi connectivity index (χ3v) is 3.53. The Labute approximate surface area is 99.4 Å². The summed E-state index contributed by atoms with van der Waals surface area (Å²) < 4.78 is 0.363. The normalized spacial score (nSPS) is 16.8. The zero-order valence-corrected chi connectivity index (χ0v) is 9.73. The quantitative estimate of drug-likeness (QED) is 0.683. The molecule has 0 aromatic heterocycles. The number of rotatable bonds is 3. The molecule has 1 aliphatic carbocycles. The van der Waals surface area contributed by atoms with E-state index in [0.29, 0.717) is 22.9 Å². The van der Waals surface area contributed by atoms with E-state index in [-0.39, 0.29) is 5.69 Å². The number of hydrogen-bond acceptors (Lipinski definition) is 3. The predicted molar refractivity (Wildman–Crippen MR) is 59.3 cm³/mol. The first-order valence-corrected chi connectivity index (χ1v) is 5.44. The fraction of sp³-hybridized carbons (Fsp3) is 0.300. The van der Waals surface area contributed by atoms with Crippen LogP contribution in [-0.4, -0.2) is 16.0 Å². The fourth-order valence-electron chi connectivity index (χ4n) is 1.70. The molecule has 0 bridgehead atoms. The molecule has 84 valence electrons. The molecule has 1 aromatic rings. The second kappa shape index (κ2) is 3.55. The van der Waals surface area contributed by atoms with Crippen molar-refractivity contribution in [3.05, 3.63) is 38.3 Å². The Balaban J connectivity index is 2.48. The zero-order chi connectivity index (χ0) is 11.9. The summed E-state index contributed by atoms with van der Waals surface area (Å²) in [5.74, 6) is -0.913. The molecule has 0 saturated heterocycles. The van der Waals surface area contributed by atoms with Crippen molar-refractivity contribution in [1.82, 2.24) is 0 Å². The van der Waals surface area contributed by atoms with Gasteiger partial charge in [0.25, 0.3) is 5.69 Å². The maximum atomic E-state index is 11.1. The Kier molecular flexibility index (Phi) is 2.46. The van der Waals surface area contributed by atoms with Crippen molar-refractivity contribution in [1.29, 1.82) is 0 Å². The third kappa shape index (κ3) is 1.59. The second-order valence-corrected chi connectivity index (χ2v) is 4.66. The van der Waals surface area contributed by atoms with Crippen molar-refractivity contribution >= 4 is 27.6 Å². The van der Waals surface area contributed by atoms with Crippen LogP contribution in [0.4, 0.5) is 5.69 Å². The van der Waals surface area contributed by atoms with Crippen LogP contribution in [0.3, 0.4) is 0 Å². The summed E-state index contributed by atoms with van der Waals surface area (Å²) in [5.41, 5.74) is -0.481. The van der Waals surface area contributed by atoms with E-state index in [9.17, 15) is 14.9 Å². The molecular formula is C10H8BrNO4. The highest BCUT2D eigenvalue weighted by Gasteiger charge is 2.52. The Hall–Kier alpha value is -1.43. The molecule has 0 atom stereocenters. The van der Waals surface area contributed by atoms with Gasteiger partial charge in [-0.1, -0.05) is 6.07 Å². The molecular weight excluding hydrogens is 278 g/mol. The third-order valence-electron chi connectivity index (χ3n) is 2.85. The monoisotopic (exact) mass is 285 g/mol. The fourth-order valence-corrected chi connectivity index (χ4v) is 2.09. The smallest absolute Gasteiger partial charge is 0.314 e. The molecule has 1 aliphatic rings. The predicted octanol–water partition coefficient (Wildman–Crippen LogP) is 2.47. The van der Waals surface area contributed by atoms with Gasteiger partial charge < -0.3 is 5.11 Å². The Morgan fingerprint density at radius 2 is 2.12 bits per heavy atom. The highest BCUT2D eigenvalue weighted by molar-refractivity contribution is 9.10. The van der Waals surface area contributed by atoms with E-state index in [2.05, 4.69) is 15.9 Å². The number of hydrogen-bond donors (Lipinski definition) is 1. The Bertz CT molecular complexity index is 482. The van der Waals surface area contributed by atoms with E-state index in [1.807, 2.05) is 0 Å². The maximum absolute atomic E-state index is 11.1. The lowest BCUT2D eigenvalue weighted by Crippen LogP contribution is -2.19. The number of aliphatic carboxylic acids is 1. The van der Waals surface area contributed by atoms with Gasteiger partial charge in [0, 0.05) is 6.07 Å². The van der Waals surface area contributed by atoms with Crippen LogP contribution in [0.1, 0.15) is 18.4 Å². The SMILES string of the molecule is O=C(O)C1(c2ccc(Br)c([N+](=O)[O-])c2)CC1. The van der Waals surface area contributed by atoms with Crippen LogP contribution in [-0.2, 0) is 10.2 Å². The number of halogens is 1. The van der Waals surface area contributed by atoms with E-state index in [0.717, 1.165) is 0 Å². The average Bonchev–Trinajstić information content (AvgIpc) is 2.98. The summed E-state index contributed by atoms with van der Waals surface area (Å²) >= 11 is 3.07. The van der Waals surface area contributed by atoms with E-state index < -0.39 is 16.3 Å². The van der Waals surface area contributed by atoms with E-state index in [4.69, 9.17) is 5.11 Å². The molecule has 1 fully saturated rings.